The van der Waals surface area contributed by atoms with Crippen LogP contribution < -0.4 is 5.32 Å². The number of ether oxygens (including phenoxy) is 2. The van der Waals surface area contributed by atoms with E-state index in [2.05, 4.69) is 5.32 Å². The number of hydrogen-bond donors (Lipinski definition) is 2. The summed E-state index contributed by atoms with van der Waals surface area (Å²) in [5.41, 5.74) is 2.01. The Bertz CT molecular complexity index is 1240. The summed E-state index contributed by atoms with van der Waals surface area (Å²) in [5, 5.41) is 13.2. The summed E-state index contributed by atoms with van der Waals surface area (Å²) in [5.74, 6) is -2.05. The minimum absolute atomic E-state index is 0.00310. The molecular formula is C31H35FN2O6. The molecule has 0 aromatic heterocycles. The summed E-state index contributed by atoms with van der Waals surface area (Å²) in [6.45, 7) is 3.58. The van der Waals surface area contributed by atoms with Crippen LogP contribution in [0.3, 0.4) is 0 Å². The molecule has 3 aromatic carbocycles. The Kier molecular flexibility index (Phi) is 11.6. The minimum atomic E-state index is -1.60. The van der Waals surface area contributed by atoms with Gasteiger partial charge in [0, 0.05) is 13.0 Å². The maximum absolute atomic E-state index is 13.8. The molecule has 0 spiro atoms. The molecule has 3 aromatic rings. The highest BCUT2D eigenvalue weighted by Crippen LogP contribution is 2.11. The highest BCUT2D eigenvalue weighted by molar-refractivity contribution is 5.84. The molecule has 0 radical (unpaired) electrons. The van der Waals surface area contributed by atoms with Crippen LogP contribution in [-0.2, 0) is 38.7 Å². The number of benzene rings is 3. The van der Waals surface area contributed by atoms with Crippen LogP contribution in [0.5, 0.6) is 0 Å². The first-order valence-electron chi connectivity index (χ1n) is 13.1. The van der Waals surface area contributed by atoms with Crippen molar-refractivity contribution < 1.29 is 33.4 Å². The molecule has 2 unspecified atom stereocenters. The number of carbonyl (C=O) groups is 3. The van der Waals surface area contributed by atoms with Crippen molar-refractivity contribution in [1.82, 2.24) is 10.2 Å². The zero-order chi connectivity index (χ0) is 28.9. The average Bonchev–Trinajstić information content (AvgIpc) is 2.94. The second-order valence-corrected chi connectivity index (χ2v) is 9.84. The molecule has 0 heterocycles. The molecular weight excluding hydrogens is 515 g/mol. The third kappa shape index (κ3) is 10.1. The summed E-state index contributed by atoms with van der Waals surface area (Å²) in [6, 6.07) is 22.0. The number of nitrogens with zero attached hydrogens (tertiary/aromatic N) is 1. The van der Waals surface area contributed by atoms with Crippen LogP contribution >= 0.6 is 0 Å². The van der Waals surface area contributed by atoms with Crippen LogP contribution in [0.25, 0.3) is 0 Å². The summed E-state index contributed by atoms with van der Waals surface area (Å²) < 4.78 is 24.5. The molecule has 0 aliphatic heterocycles. The first-order valence-corrected chi connectivity index (χ1v) is 13.1. The van der Waals surface area contributed by atoms with E-state index in [1.165, 1.54) is 23.1 Å². The smallest absolute Gasteiger partial charge is 0.337 e. The lowest BCUT2D eigenvalue weighted by molar-refractivity contribution is -0.155. The number of aliphatic hydroxyl groups excluding tert-OH is 1. The predicted octanol–water partition coefficient (Wildman–Crippen LogP) is 4.25. The first kappa shape index (κ1) is 30.3. The van der Waals surface area contributed by atoms with Gasteiger partial charge in [0.2, 0.25) is 0 Å². The maximum atomic E-state index is 13.8. The van der Waals surface area contributed by atoms with Crippen molar-refractivity contribution in [1.29, 1.82) is 0 Å². The molecule has 2 amide bonds. The maximum Gasteiger partial charge on any atom is 0.337 e. The fraction of sp³-hybridized carbons (Fsp3) is 0.323. The summed E-state index contributed by atoms with van der Waals surface area (Å²) >= 11 is 0. The van der Waals surface area contributed by atoms with Gasteiger partial charge in [-0.15, -0.1) is 0 Å². The zero-order valence-corrected chi connectivity index (χ0v) is 22.7. The van der Waals surface area contributed by atoms with Crippen molar-refractivity contribution in [3.05, 3.63) is 107 Å². The second-order valence-electron chi connectivity index (χ2n) is 9.84. The van der Waals surface area contributed by atoms with E-state index in [0.717, 1.165) is 11.1 Å². The molecule has 2 N–H and O–H groups in total. The van der Waals surface area contributed by atoms with Gasteiger partial charge in [0.05, 0.1) is 6.54 Å². The van der Waals surface area contributed by atoms with Gasteiger partial charge >= 0.3 is 18.0 Å². The molecule has 0 saturated heterocycles. The Labute approximate surface area is 233 Å². The van der Waals surface area contributed by atoms with Crippen LogP contribution in [0, 0.1) is 11.7 Å². The molecule has 0 saturated carbocycles. The van der Waals surface area contributed by atoms with Crippen molar-refractivity contribution in [3.8, 4) is 0 Å². The van der Waals surface area contributed by atoms with Crippen molar-refractivity contribution in [2.45, 2.75) is 45.6 Å². The number of rotatable bonds is 13. The monoisotopic (exact) mass is 550 g/mol. The number of amides is 2. The molecule has 0 aliphatic carbocycles. The molecule has 9 heteroatoms. The molecule has 0 aliphatic rings. The lowest BCUT2D eigenvalue weighted by Crippen LogP contribution is -2.52. The van der Waals surface area contributed by atoms with E-state index in [1.807, 2.05) is 38.1 Å². The molecule has 8 nitrogen and oxygen atoms in total. The number of nitrogens with one attached hydrogen (secondary N) is 1. The van der Waals surface area contributed by atoms with E-state index in [0.29, 0.717) is 5.56 Å². The van der Waals surface area contributed by atoms with Crippen LogP contribution in [-0.4, -0.2) is 53.2 Å². The van der Waals surface area contributed by atoms with Gasteiger partial charge in [-0.05, 0) is 34.7 Å². The molecule has 40 heavy (non-hydrogen) atoms. The number of esters is 2. The van der Waals surface area contributed by atoms with Crippen molar-refractivity contribution in [3.63, 3.8) is 0 Å². The lowest BCUT2D eigenvalue weighted by atomic mass is 10.1. The SMILES string of the molecule is CC(C)CN(CC(O)C(=O)OCc1ccccc1)C(=O)NC(Cc1cccc(F)c1)C(=O)OCc1ccccc1. The Balaban J connectivity index is 1.69. The van der Waals surface area contributed by atoms with Crippen LogP contribution in [0.4, 0.5) is 9.18 Å². The van der Waals surface area contributed by atoms with Crippen LogP contribution in [0.1, 0.15) is 30.5 Å². The van der Waals surface area contributed by atoms with E-state index in [4.69, 9.17) is 9.47 Å². The number of urea groups is 1. The standard InChI is InChI=1S/C31H35FN2O6/c1-22(2)18-34(19-28(35)30(37)40-21-24-12-7-4-8-13-24)31(38)33-27(17-25-14-9-15-26(32)16-25)29(36)39-20-23-10-5-3-6-11-23/h3-16,22,27-28,35H,17-21H2,1-2H3,(H,33,38). The first-order chi connectivity index (χ1) is 19.2. The topological polar surface area (TPSA) is 105 Å². The van der Waals surface area contributed by atoms with Gasteiger partial charge < -0.3 is 24.8 Å². The van der Waals surface area contributed by atoms with E-state index < -0.39 is 35.9 Å². The lowest BCUT2D eigenvalue weighted by Gasteiger charge is -2.28. The number of halogens is 1. The predicted molar refractivity (Wildman–Crippen MR) is 147 cm³/mol. The number of aliphatic hydroxyl groups is 1. The quantitative estimate of drug-likeness (QED) is 0.308. The van der Waals surface area contributed by atoms with E-state index in [1.54, 1.807) is 42.5 Å². The Morgan fingerprint density at radius 3 is 1.90 bits per heavy atom. The fourth-order valence-corrected chi connectivity index (χ4v) is 3.95. The van der Waals surface area contributed by atoms with Crippen molar-refractivity contribution >= 4 is 18.0 Å². The third-order valence-electron chi connectivity index (χ3n) is 5.90. The van der Waals surface area contributed by atoms with Gasteiger partial charge in [-0.3, -0.25) is 0 Å². The highest BCUT2D eigenvalue weighted by Gasteiger charge is 2.29. The molecule has 212 valence electrons. The largest absolute Gasteiger partial charge is 0.459 e. The van der Waals surface area contributed by atoms with Crippen LogP contribution in [0.15, 0.2) is 84.9 Å². The molecule has 3 rings (SSSR count). The third-order valence-corrected chi connectivity index (χ3v) is 5.90. The van der Waals surface area contributed by atoms with Crippen molar-refractivity contribution in [2.24, 2.45) is 5.92 Å². The summed E-state index contributed by atoms with van der Waals surface area (Å²) in [4.78, 5) is 40.1. The van der Waals surface area contributed by atoms with Gasteiger partial charge in [-0.2, -0.15) is 0 Å². The molecule has 0 fully saturated rings. The molecule has 2 atom stereocenters. The Morgan fingerprint density at radius 1 is 0.800 bits per heavy atom. The van der Waals surface area contributed by atoms with Gasteiger partial charge in [0.15, 0.2) is 6.10 Å². The number of carbonyl (C=O) groups excluding carboxylic acids is 3. The van der Waals surface area contributed by atoms with Gasteiger partial charge in [-0.25, -0.2) is 18.8 Å². The van der Waals surface area contributed by atoms with Gasteiger partial charge in [0.25, 0.3) is 0 Å². The normalized spacial score (nSPS) is 12.3. The van der Waals surface area contributed by atoms with E-state index >= 15 is 0 Å². The number of hydrogen-bond acceptors (Lipinski definition) is 6. The fourth-order valence-electron chi connectivity index (χ4n) is 3.95. The molecule has 0 bridgehead atoms. The van der Waals surface area contributed by atoms with E-state index in [-0.39, 0.29) is 38.6 Å². The van der Waals surface area contributed by atoms with Crippen LogP contribution in [0.2, 0.25) is 0 Å². The highest BCUT2D eigenvalue weighted by atomic mass is 19.1. The zero-order valence-electron chi connectivity index (χ0n) is 22.7. The second kappa shape index (κ2) is 15.4. The van der Waals surface area contributed by atoms with Gasteiger partial charge in [-0.1, -0.05) is 86.6 Å². The summed E-state index contributed by atoms with van der Waals surface area (Å²) in [7, 11) is 0. The van der Waals surface area contributed by atoms with Gasteiger partial charge in [0.1, 0.15) is 25.1 Å². The van der Waals surface area contributed by atoms with E-state index in [9.17, 15) is 23.9 Å². The Hall–Kier alpha value is -4.24. The van der Waals surface area contributed by atoms with Crippen molar-refractivity contribution in [2.75, 3.05) is 13.1 Å². The Morgan fingerprint density at radius 2 is 1.35 bits per heavy atom. The minimum Gasteiger partial charge on any atom is -0.459 e. The summed E-state index contributed by atoms with van der Waals surface area (Å²) in [6.07, 6.45) is -1.62. The average molecular weight is 551 g/mol.